The number of rotatable bonds is 5. The number of halogens is 1. The summed E-state index contributed by atoms with van der Waals surface area (Å²) in [5.74, 6) is 0.804. The molecule has 2 aromatic carbocycles. The predicted molar refractivity (Wildman–Crippen MR) is 108 cm³/mol. The molecule has 3 rings (SSSR count). The van der Waals surface area contributed by atoms with Crippen molar-refractivity contribution < 1.29 is 4.74 Å². The van der Waals surface area contributed by atoms with Gasteiger partial charge in [-0.25, -0.2) is 0 Å². The number of hydrogen-bond donors (Lipinski definition) is 2. The first-order valence-electron chi connectivity index (χ1n) is 7.61. The van der Waals surface area contributed by atoms with Gasteiger partial charge in [0, 0.05) is 16.4 Å². The first-order valence-corrected chi connectivity index (χ1v) is 8.81. The highest BCUT2D eigenvalue weighted by Gasteiger charge is 2.03. The van der Waals surface area contributed by atoms with Crippen LogP contribution < -0.4 is 15.4 Å². The van der Waals surface area contributed by atoms with Gasteiger partial charge in [0.25, 0.3) is 0 Å². The van der Waals surface area contributed by atoms with E-state index in [0.717, 1.165) is 21.6 Å². The molecule has 0 aliphatic carbocycles. The van der Waals surface area contributed by atoms with E-state index in [4.69, 9.17) is 17.0 Å². The molecule has 128 valence electrons. The number of nitrogens with one attached hydrogen (secondary N) is 2. The van der Waals surface area contributed by atoms with Gasteiger partial charge in [0.2, 0.25) is 0 Å². The van der Waals surface area contributed by atoms with E-state index in [1.807, 2.05) is 47.3 Å². The van der Waals surface area contributed by atoms with Crippen molar-refractivity contribution in [3.05, 3.63) is 71.0 Å². The van der Waals surface area contributed by atoms with Crippen LogP contribution in [0.15, 0.2) is 65.4 Å². The number of anilines is 2. The number of nitrogens with zero attached hydrogens (tertiary/aromatic N) is 2. The fraction of sp³-hybridized carbons (Fsp3) is 0.111. The molecule has 0 aliphatic rings. The Balaban J connectivity index is 1.56. The van der Waals surface area contributed by atoms with Crippen LogP contribution in [0.4, 0.5) is 11.4 Å². The molecule has 0 atom stereocenters. The zero-order valence-electron chi connectivity index (χ0n) is 13.6. The molecule has 3 aromatic rings. The Kier molecular flexibility index (Phi) is 5.67. The topological polar surface area (TPSA) is 51.1 Å². The number of aromatic nitrogens is 2. The number of hydrogen-bond acceptors (Lipinski definition) is 3. The van der Waals surface area contributed by atoms with Gasteiger partial charge in [-0.1, -0.05) is 28.1 Å². The number of methoxy groups -OCH3 is 1. The molecule has 2 N–H and O–H groups in total. The lowest BCUT2D eigenvalue weighted by Gasteiger charge is -2.09. The second kappa shape index (κ2) is 8.13. The van der Waals surface area contributed by atoms with Gasteiger partial charge in [0.05, 0.1) is 25.5 Å². The van der Waals surface area contributed by atoms with E-state index in [1.54, 1.807) is 13.3 Å². The maximum Gasteiger partial charge on any atom is 0.175 e. The molecule has 25 heavy (non-hydrogen) atoms. The smallest absolute Gasteiger partial charge is 0.175 e. The largest absolute Gasteiger partial charge is 0.497 e. The number of thiocarbonyl (C=S) groups is 1. The monoisotopic (exact) mass is 416 g/mol. The Morgan fingerprint density at radius 2 is 1.76 bits per heavy atom. The van der Waals surface area contributed by atoms with Crippen LogP contribution in [0, 0.1) is 0 Å². The van der Waals surface area contributed by atoms with Gasteiger partial charge in [0.1, 0.15) is 5.75 Å². The van der Waals surface area contributed by atoms with E-state index in [2.05, 4.69) is 43.8 Å². The van der Waals surface area contributed by atoms with E-state index in [-0.39, 0.29) is 0 Å². The van der Waals surface area contributed by atoms with Crippen LogP contribution in [-0.4, -0.2) is 22.0 Å². The maximum absolute atomic E-state index is 5.34. The third kappa shape index (κ3) is 5.04. The van der Waals surface area contributed by atoms with Crippen LogP contribution in [-0.2, 0) is 6.54 Å². The van der Waals surface area contributed by atoms with E-state index in [9.17, 15) is 0 Å². The number of benzene rings is 2. The number of ether oxygens (including phenoxy) is 1. The lowest BCUT2D eigenvalue weighted by molar-refractivity contribution is 0.415. The summed E-state index contributed by atoms with van der Waals surface area (Å²) >= 11 is 8.77. The zero-order chi connectivity index (χ0) is 17.6. The third-order valence-corrected chi connectivity index (χ3v) is 4.23. The Morgan fingerprint density at radius 3 is 2.44 bits per heavy atom. The molecule has 1 aromatic heterocycles. The lowest BCUT2D eigenvalue weighted by atomic mass is 10.2. The summed E-state index contributed by atoms with van der Waals surface area (Å²) in [6.07, 6.45) is 3.67. The Bertz CT molecular complexity index is 846. The van der Waals surface area contributed by atoms with Crippen LogP contribution in [0.1, 0.15) is 5.56 Å². The summed E-state index contributed by atoms with van der Waals surface area (Å²) in [7, 11) is 1.64. The van der Waals surface area contributed by atoms with Crippen LogP contribution >= 0.6 is 28.1 Å². The van der Waals surface area contributed by atoms with E-state index < -0.39 is 0 Å². The summed E-state index contributed by atoms with van der Waals surface area (Å²) in [4.78, 5) is 0. The van der Waals surface area contributed by atoms with Crippen molar-refractivity contribution in [1.29, 1.82) is 0 Å². The average Bonchev–Trinajstić information content (AvgIpc) is 3.04. The quantitative estimate of drug-likeness (QED) is 0.599. The fourth-order valence-corrected chi connectivity index (χ4v) is 2.76. The molecular weight excluding hydrogens is 400 g/mol. The lowest BCUT2D eigenvalue weighted by Crippen LogP contribution is -2.18. The average molecular weight is 417 g/mol. The Morgan fingerprint density at radius 1 is 1.08 bits per heavy atom. The molecule has 0 amide bonds. The van der Waals surface area contributed by atoms with Crippen molar-refractivity contribution in [2.45, 2.75) is 6.54 Å². The van der Waals surface area contributed by atoms with Crippen molar-refractivity contribution in [3.63, 3.8) is 0 Å². The highest BCUT2D eigenvalue weighted by molar-refractivity contribution is 9.10. The third-order valence-electron chi connectivity index (χ3n) is 3.50. The van der Waals surface area contributed by atoms with Crippen molar-refractivity contribution in [2.24, 2.45) is 0 Å². The summed E-state index contributed by atoms with van der Waals surface area (Å²) in [6, 6.07) is 15.7. The molecule has 0 bridgehead atoms. The molecule has 7 heteroatoms. The minimum Gasteiger partial charge on any atom is -0.497 e. The molecule has 0 radical (unpaired) electrons. The van der Waals surface area contributed by atoms with Gasteiger partial charge in [-0.05, 0) is 54.2 Å². The predicted octanol–water partition coefficient (Wildman–Crippen LogP) is 4.51. The van der Waals surface area contributed by atoms with Crippen molar-refractivity contribution in [1.82, 2.24) is 9.78 Å². The minimum absolute atomic E-state index is 0.508. The first kappa shape index (κ1) is 17.4. The molecule has 1 heterocycles. The molecule has 0 unspecified atom stereocenters. The molecule has 0 saturated carbocycles. The second-order valence-corrected chi connectivity index (χ2v) is 6.68. The van der Waals surface area contributed by atoms with Crippen molar-refractivity contribution in [2.75, 3.05) is 17.7 Å². The molecule has 0 saturated heterocycles. The maximum atomic E-state index is 5.34. The Hall–Kier alpha value is -2.38. The van der Waals surface area contributed by atoms with Crippen molar-refractivity contribution in [3.8, 4) is 5.75 Å². The second-order valence-electron chi connectivity index (χ2n) is 5.36. The zero-order valence-corrected chi connectivity index (χ0v) is 16.0. The standard InChI is InChI=1S/C18H17BrN4OS/c1-24-17-8-6-15(7-9-17)21-18(25)22-16-10-20-23(12-16)11-13-2-4-14(19)5-3-13/h2-10,12H,11H2,1H3,(H2,21,22,25). The molecule has 0 spiro atoms. The molecule has 0 aliphatic heterocycles. The Labute approximate surface area is 160 Å². The summed E-state index contributed by atoms with van der Waals surface area (Å²) in [5, 5.41) is 11.1. The molecular formula is C18H17BrN4OS. The van der Waals surface area contributed by atoms with E-state index in [0.29, 0.717) is 11.7 Å². The molecule has 5 nitrogen and oxygen atoms in total. The van der Waals surface area contributed by atoms with E-state index in [1.165, 1.54) is 5.56 Å². The van der Waals surface area contributed by atoms with Gasteiger partial charge >= 0.3 is 0 Å². The normalized spacial score (nSPS) is 10.3. The first-order chi connectivity index (χ1) is 12.1. The van der Waals surface area contributed by atoms with Gasteiger partial charge in [-0.3, -0.25) is 4.68 Å². The van der Waals surface area contributed by atoms with Gasteiger partial charge in [-0.2, -0.15) is 5.10 Å². The van der Waals surface area contributed by atoms with Crippen LogP contribution in [0.25, 0.3) is 0 Å². The minimum atomic E-state index is 0.508. The van der Waals surface area contributed by atoms with Crippen LogP contribution in [0.3, 0.4) is 0 Å². The highest BCUT2D eigenvalue weighted by atomic mass is 79.9. The summed E-state index contributed by atoms with van der Waals surface area (Å²) < 4.78 is 8.06. The fourth-order valence-electron chi connectivity index (χ4n) is 2.26. The SMILES string of the molecule is COc1ccc(NC(=S)Nc2cnn(Cc3ccc(Br)cc3)c2)cc1. The highest BCUT2D eigenvalue weighted by Crippen LogP contribution is 2.16. The van der Waals surface area contributed by atoms with Crippen molar-refractivity contribution >= 4 is 44.6 Å². The van der Waals surface area contributed by atoms with Gasteiger partial charge < -0.3 is 15.4 Å². The van der Waals surface area contributed by atoms with Crippen LogP contribution in [0.5, 0.6) is 5.75 Å². The van der Waals surface area contributed by atoms with Gasteiger partial charge in [-0.15, -0.1) is 0 Å². The van der Waals surface area contributed by atoms with Crippen LogP contribution in [0.2, 0.25) is 0 Å². The molecule has 0 fully saturated rings. The van der Waals surface area contributed by atoms with E-state index >= 15 is 0 Å². The summed E-state index contributed by atoms with van der Waals surface area (Å²) in [6.45, 7) is 0.702. The summed E-state index contributed by atoms with van der Waals surface area (Å²) in [5.41, 5.74) is 2.90. The van der Waals surface area contributed by atoms with Gasteiger partial charge in [0.15, 0.2) is 5.11 Å².